The highest BCUT2D eigenvalue weighted by Gasteiger charge is 2.57. The second kappa shape index (κ2) is 22.2. The Morgan fingerprint density at radius 3 is 1.65 bits per heavy atom. The van der Waals surface area contributed by atoms with E-state index in [-0.39, 0.29) is 67.2 Å². The zero-order valence-electron chi connectivity index (χ0n) is 49.0. The highest BCUT2D eigenvalue weighted by molar-refractivity contribution is 6.07. The van der Waals surface area contributed by atoms with Crippen molar-refractivity contribution in [2.45, 2.75) is 149 Å². The highest BCUT2D eigenvalue weighted by Crippen LogP contribution is 2.49. The van der Waals surface area contributed by atoms with Crippen molar-refractivity contribution in [1.82, 2.24) is 25.4 Å². The Kier molecular flexibility index (Phi) is 15.2. The first-order chi connectivity index (χ1) is 39.6. The Morgan fingerprint density at radius 2 is 1.11 bits per heavy atom. The number of carbonyl (C=O) groups excluding carboxylic acids is 6. The molecule has 3 aliphatic carbocycles. The molecule has 6 aromatic rings. The van der Waals surface area contributed by atoms with Crippen molar-refractivity contribution in [2.75, 3.05) is 34.4 Å². The highest BCUT2D eigenvalue weighted by atomic mass is 16.2. The molecule has 83 heavy (non-hydrogen) atoms. The van der Waals surface area contributed by atoms with Crippen LogP contribution in [0.1, 0.15) is 130 Å². The van der Waals surface area contributed by atoms with Crippen LogP contribution in [-0.2, 0) is 91.5 Å². The number of hydrogen-bond donors (Lipinski definition) is 6. The second-order valence-corrected chi connectivity index (χ2v) is 26.0. The fourth-order valence-corrected chi connectivity index (χ4v) is 13.0. The van der Waals surface area contributed by atoms with Crippen LogP contribution in [0.4, 0.5) is 23.0 Å². The van der Waals surface area contributed by atoms with Crippen LogP contribution in [-0.4, -0.2) is 75.4 Å². The molecule has 6 amide bonds. The minimum atomic E-state index is -0.779. The van der Waals surface area contributed by atoms with Gasteiger partial charge in [0.1, 0.15) is 30.4 Å². The van der Waals surface area contributed by atoms with Gasteiger partial charge in [0, 0.05) is 85.1 Å². The van der Waals surface area contributed by atoms with Crippen LogP contribution < -0.4 is 36.5 Å². The van der Waals surface area contributed by atoms with Crippen molar-refractivity contribution < 1.29 is 33.3 Å². The van der Waals surface area contributed by atoms with Crippen LogP contribution in [0, 0.1) is 10.8 Å². The van der Waals surface area contributed by atoms with Gasteiger partial charge in [-0.1, -0.05) is 122 Å². The van der Waals surface area contributed by atoms with E-state index in [2.05, 4.69) is 79.7 Å². The van der Waals surface area contributed by atoms with Crippen molar-refractivity contribution in [3.63, 3.8) is 0 Å². The molecule has 2 unspecified atom stereocenters. The molecule has 16 nitrogen and oxygen atoms in total. The van der Waals surface area contributed by atoms with Gasteiger partial charge in [0.2, 0.25) is 29.5 Å². The number of fused-ring (bicyclic) bond motifs is 6. The Hall–Kier alpha value is -8.08. The number of pyridine rings is 2. The second-order valence-electron chi connectivity index (χ2n) is 26.0. The number of carbonyl (C=O) groups is 6. The van der Waals surface area contributed by atoms with E-state index in [4.69, 9.17) is 0 Å². The molecule has 2 aromatic heterocycles. The van der Waals surface area contributed by atoms with E-state index in [0.29, 0.717) is 68.6 Å². The quantitative estimate of drug-likeness (QED) is 0.0486. The number of nitrogens with zero attached hydrogens (tertiary/aromatic N) is 4. The average Bonchev–Trinajstić information content (AvgIpc) is 3.19. The summed E-state index contributed by atoms with van der Waals surface area (Å²) in [7, 11) is 0. The molecule has 0 radical (unpaired) electrons. The lowest BCUT2D eigenvalue weighted by atomic mass is 9.79. The van der Waals surface area contributed by atoms with Gasteiger partial charge in [-0.05, 0) is 113 Å². The van der Waals surface area contributed by atoms with Crippen molar-refractivity contribution in [3.8, 4) is 0 Å². The van der Waals surface area contributed by atoms with Crippen molar-refractivity contribution in [1.29, 1.82) is 0 Å². The third kappa shape index (κ3) is 11.4. The molecule has 430 valence electrons. The zero-order valence-corrected chi connectivity index (χ0v) is 49.0. The first kappa shape index (κ1) is 56.8. The standard InChI is InChI=1S/C67H76N10O6/c1-41(2)69-35-44-15-9-11-17-46(44)37-75(62(82)64(3,4)5)39-56(78)72-51-24-22-43-32-67(34-49(43)28-51)55-20-14-26-77(59(55)74-61(67)81)53-29-52(30-53)70-36-45-16-10-12-18-47(45)38-76(63(83)65(6,7)8)40-57(79)71-50-23-21-42-31-66(33-48(42)27-50)54-19-13-25-68-58(54)73-60(66)80/h9-28,41,52-53,69-70H,29-40H2,1-8H3,(H3,68,71,72,73,78,79,80)/p+1. The van der Waals surface area contributed by atoms with Gasteiger partial charge in [0.05, 0.1) is 17.2 Å². The van der Waals surface area contributed by atoms with Crippen LogP contribution >= 0.6 is 0 Å². The van der Waals surface area contributed by atoms with Crippen LogP contribution in [0.25, 0.3) is 0 Å². The first-order valence-corrected chi connectivity index (χ1v) is 29.2. The van der Waals surface area contributed by atoms with Crippen LogP contribution in [0.2, 0.25) is 0 Å². The Balaban J connectivity index is 0.706. The Morgan fingerprint density at radius 1 is 0.614 bits per heavy atom. The lowest BCUT2D eigenvalue weighted by Crippen LogP contribution is -2.53. The molecule has 16 heteroatoms. The van der Waals surface area contributed by atoms with E-state index >= 15 is 0 Å². The summed E-state index contributed by atoms with van der Waals surface area (Å²) in [5.41, 5.74) is 8.38. The largest absolute Gasteiger partial charge is 0.329 e. The van der Waals surface area contributed by atoms with E-state index in [1.54, 1.807) is 16.0 Å². The molecule has 2 aliphatic heterocycles. The summed E-state index contributed by atoms with van der Waals surface area (Å²) in [5.74, 6) is 0.499. The van der Waals surface area contributed by atoms with Gasteiger partial charge in [0.15, 0.2) is 0 Å². The van der Waals surface area contributed by atoms with E-state index in [0.717, 1.165) is 74.3 Å². The summed E-state index contributed by atoms with van der Waals surface area (Å²) in [5, 5.41) is 19.6. The molecule has 4 heterocycles. The molecule has 1 fully saturated rings. The maximum atomic E-state index is 14.3. The number of rotatable bonds is 17. The smallest absolute Gasteiger partial charge is 0.319 e. The van der Waals surface area contributed by atoms with Gasteiger partial charge < -0.3 is 36.4 Å². The summed E-state index contributed by atoms with van der Waals surface area (Å²) in [6, 6.07) is 36.3. The maximum absolute atomic E-state index is 14.3. The number of aromatic nitrogens is 2. The monoisotopic (exact) mass is 1120 g/mol. The minimum Gasteiger partial charge on any atom is -0.329 e. The summed E-state index contributed by atoms with van der Waals surface area (Å²) >= 11 is 0. The third-order valence-corrected chi connectivity index (χ3v) is 17.4. The summed E-state index contributed by atoms with van der Waals surface area (Å²) in [4.78, 5) is 90.8. The van der Waals surface area contributed by atoms with Gasteiger partial charge in [-0.25, -0.2) is 19.7 Å². The number of nitrogens with one attached hydrogen (secondary N) is 6. The summed E-state index contributed by atoms with van der Waals surface area (Å²) < 4.78 is 2.22. The molecule has 11 rings (SSSR count). The number of amides is 6. The molecule has 0 saturated heterocycles. The van der Waals surface area contributed by atoms with Gasteiger partial charge >= 0.3 is 5.91 Å². The molecule has 2 atom stereocenters. The average molecular weight is 1120 g/mol. The molecule has 0 bridgehead atoms. The molecule has 1 saturated carbocycles. The minimum absolute atomic E-state index is 0.0293. The Labute approximate surface area is 486 Å². The number of hydrogen-bond acceptors (Lipinski definition) is 9. The lowest BCUT2D eigenvalue weighted by Gasteiger charge is -2.35. The van der Waals surface area contributed by atoms with E-state index in [9.17, 15) is 28.8 Å². The predicted molar refractivity (Wildman–Crippen MR) is 320 cm³/mol. The van der Waals surface area contributed by atoms with Gasteiger partial charge in [-0.3, -0.25) is 24.0 Å². The summed E-state index contributed by atoms with van der Waals surface area (Å²) in [6.45, 7) is 16.9. The molecule has 5 aliphatic rings. The third-order valence-electron chi connectivity index (χ3n) is 17.4. The van der Waals surface area contributed by atoms with Crippen LogP contribution in [0.3, 0.4) is 0 Å². The molecule has 2 spiro atoms. The first-order valence-electron chi connectivity index (χ1n) is 29.2. The Bertz CT molecular complexity index is 3580. The fraction of sp³-hybridized carbons (Fsp3) is 0.403. The van der Waals surface area contributed by atoms with Crippen LogP contribution in [0.5, 0.6) is 0 Å². The maximum Gasteiger partial charge on any atom is 0.319 e. The predicted octanol–water partition coefficient (Wildman–Crippen LogP) is 8.36. The fourth-order valence-electron chi connectivity index (χ4n) is 13.0. The van der Waals surface area contributed by atoms with Gasteiger partial charge in [-0.2, -0.15) is 0 Å². The number of anilines is 4. The molecule has 6 N–H and O–H groups in total. The molecular formula is C67H77N10O6+. The van der Waals surface area contributed by atoms with Crippen molar-refractivity contribution in [2.24, 2.45) is 10.8 Å². The SMILES string of the molecule is CC(C)NCc1ccccc1CN(CC(=O)Nc1ccc2c(c1)CC1(C2)C(=O)Nc2c1ccc[n+]2C1CC(NCc2ccccc2CN(CC(=O)Nc2ccc3c(c2)CC2(C3)C(=O)Nc3ncccc32)C(=O)C(C)(C)C)C1)C(=O)C(C)(C)C. The zero-order chi connectivity index (χ0) is 58.6. The topological polar surface area (TPSA) is 198 Å². The normalized spacial score (nSPS) is 20.1. The lowest BCUT2D eigenvalue weighted by molar-refractivity contribution is -0.721. The molecular weight excluding hydrogens is 1040 g/mol. The van der Waals surface area contributed by atoms with Crippen LogP contribution in [0.15, 0.2) is 122 Å². The molecule has 4 aromatic carbocycles. The van der Waals surface area contributed by atoms with Crippen molar-refractivity contribution in [3.05, 3.63) is 177 Å². The van der Waals surface area contributed by atoms with Gasteiger partial charge in [0.25, 0.3) is 5.82 Å². The van der Waals surface area contributed by atoms with E-state index in [1.165, 1.54) is 0 Å². The number of benzene rings is 4. The summed E-state index contributed by atoms with van der Waals surface area (Å²) in [6.07, 6.45) is 7.55. The van der Waals surface area contributed by atoms with E-state index < -0.39 is 21.7 Å². The van der Waals surface area contributed by atoms with Gasteiger partial charge in [-0.15, -0.1) is 0 Å². The van der Waals surface area contributed by atoms with E-state index in [1.807, 2.05) is 133 Å². The van der Waals surface area contributed by atoms with Crippen molar-refractivity contribution >= 4 is 58.5 Å².